The van der Waals surface area contributed by atoms with Gasteiger partial charge in [-0.25, -0.2) is 4.79 Å². The van der Waals surface area contributed by atoms with Gasteiger partial charge < -0.3 is 21.5 Å². The Balaban J connectivity index is 4.37. The van der Waals surface area contributed by atoms with Crippen molar-refractivity contribution in [3.8, 4) is 0 Å². The number of urea groups is 1. The molecule has 0 aromatic rings. The first-order valence-corrected chi connectivity index (χ1v) is 5.34. The van der Waals surface area contributed by atoms with E-state index in [1.54, 1.807) is 6.92 Å². The summed E-state index contributed by atoms with van der Waals surface area (Å²) in [5.74, 6) is -0.0684. The Bertz CT molecular complexity index is 243. The molecular formula is C10H21N3O3. The zero-order valence-electron chi connectivity index (χ0n) is 9.99. The van der Waals surface area contributed by atoms with Gasteiger partial charge in [0.15, 0.2) is 0 Å². The molecule has 5 N–H and O–H groups in total. The smallest absolute Gasteiger partial charge is 0.312 e. The van der Waals surface area contributed by atoms with Gasteiger partial charge in [0.05, 0.1) is 6.61 Å². The van der Waals surface area contributed by atoms with E-state index in [1.165, 1.54) is 0 Å². The van der Waals surface area contributed by atoms with Gasteiger partial charge in [0, 0.05) is 6.04 Å². The molecule has 6 nitrogen and oxygen atoms in total. The summed E-state index contributed by atoms with van der Waals surface area (Å²) in [5.41, 5.74) is 4.99. The summed E-state index contributed by atoms with van der Waals surface area (Å²) in [6.07, 6.45) is 0.507. The molecule has 16 heavy (non-hydrogen) atoms. The summed E-state index contributed by atoms with van der Waals surface area (Å²) < 4.78 is 0. The molecule has 94 valence electrons. The third kappa shape index (κ3) is 6.23. The molecule has 0 aromatic carbocycles. The van der Waals surface area contributed by atoms with Crippen molar-refractivity contribution >= 4 is 11.9 Å². The maximum Gasteiger partial charge on any atom is 0.312 e. The Morgan fingerprint density at radius 2 is 1.81 bits per heavy atom. The molecule has 0 aliphatic carbocycles. The molecular weight excluding hydrogens is 210 g/mol. The molecule has 6 heteroatoms. The van der Waals surface area contributed by atoms with E-state index < -0.39 is 12.1 Å². The molecule has 0 saturated carbocycles. The molecule has 0 aromatic heterocycles. The van der Waals surface area contributed by atoms with Crippen LogP contribution in [-0.2, 0) is 4.79 Å². The Morgan fingerprint density at radius 3 is 2.19 bits per heavy atom. The van der Waals surface area contributed by atoms with Crippen LogP contribution >= 0.6 is 0 Å². The van der Waals surface area contributed by atoms with Crippen LogP contribution in [0.5, 0.6) is 0 Å². The number of nitrogens with two attached hydrogens (primary N) is 1. The van der Waals surface area contributed by atoms with Gasteiger partial charge in [0.25, 0.3) is 0 Å². The quantitative estimate of drug-likeness (QED) is 0.498. The number of hydrogen-bond donors (Lipinski definition) is 4. The van der Waals surface area contributed by atoms with E-state index in [-0.39, 0.29) is 24.5 Å². The molecule has 0 saturated heterocycles. The first-order valence-electron chi connectivity index (χ1n) is 5.34. The molecule has 0 aliphatic heterocycles. The Kier molecular flexibility index (Phi) is 6.48. The van der Waals surface area contributed by atoms with E-state index in [0.717, 1.165) is 0 Å². The monoisotopic (exact) mass is 231 g/mol. The summed E-state index contributed by atoms with van der Waals surface area (Å²) in [6.45, 7) is 5.42. The van der Waals surface area contributed by atoms with Crippen LogP contribution in [0.2, 0.25) is 0 Å². The highest BCUT2D eigenvalue weighted by Crippen LogP contribution is 2.05. The predicted octanol–water partition coefficient (Wildman–Crippen LogP) is -0.434. The highest BCUT2D eigenvalue weighted by atomic mass is 16.3. The summed E-state index contributed by atoms with van der Waals surface area (Å²) in [7, 11) is 0. The van der Waals surface area contributed by atoms with Crippen LogP contribution in [0, 0.1) is 5.92 Å². The molecule has 0 aliphatic rings. The summed E-state index contributed by atoms with van der Waals surface area (Å²) in [6, 6.07) is -1.71. The average molecular weight is 231 g/mol. The standard InChI is InChI=1S/C10H21N3O3/c1-6(2)4-8(13-10(11)16)9(15)12-7(3)5-14/h6-8,14H,4-5H2,1-3H3,(H,12,15)(H3,11,13,16)/t7-,8?/m0/s1. The van der Waals surface area contributed by atoms with E-state index in [1.807, 2.05) is 13.8 Å². The zero-order valence-corrected chi connectivity index (χ0v) is 9.99. The fraction of sp³-hybridized carbons (Fsp3) is 0.800. The van der Waals surface area contributed by atoms with E-state index in [0.29, 0.717) is 6.42 Å². The lowest BCUT2D eigenvalue weighted by Crippen LogP contribution is -2.51. The summed E-state index contributed by atoms with van der Waals surface area (Å²) in [4.78, 5) is 22.4. The van der Waals surface area contributed by atoms with Crippen molar-refractivity contribution in [3.63, 3.8) is 0 Å². The van der Waals surface area contributed by atoms with Crippen LogP contribution in [0.1, 0.15) is 27.2 Å². The van der Waals surface area contributed by atoms with Gasteiger partial charge in [-0.2, -0.15) is 0 Å². The number of amides is 3. The first kappa shape index (κ1) is 14.7. The third-order valence-electron chi connectivity index (χ3n) is 2.00. The third-order valence-corrected chi connectivity index (χ3v) is 2.00. The Hall–Kier alpha value is -1.30. The molecule has 0 radical (unpaired) electrons. The number of hydrogen-bond acceptors (Lipinski definition) is 3. The minimum absolute atomic E-state index is 0.142. The molecule has 3 amide bonds. The molecule has 0 rings (SSSR count). The van der Waals surface area contributed by atoms with E-state index in [4.69, 9.17) is 10.8 Å². The maximum absolute atomic E-state index is 11.7. The van der Waals surface area contributed by atoms with Gasteiger partial charge in [0.2, 0.25) is 5.91 Å². The van der Waals surface area contributed by atoms with Crippen molar-refractivity contribution in [3.05, 3.63) is 0 Å². The summed E-state index contributed by atoms with van der Waals surface area (Å²) >= 11 is 0. The average Bonchev–Trinajstić information content (AvgIpc) is 2.15. The molecule has 0 bridgehead atoms. The highest BCUT2D eigenvalue weighted by Gasteiger charge is 2.21. The molecule has 1 unspecified atom stereocenters. The van der Waals surface area contributed by atoms with Crippen LogP contribution in [0.15, 0.2) is 0 Å². The topological polar surface area (TPSA) is 104 Å². The minimum Gasteiger partial charge on any atom is -0.394 e. The van der Waals surface area contributed by atoms with Crippen LogP contribution in [0.3, 0.4) is 0 Å². The van der Waals surface area contributed by atoms with Gasteiger partial charge >= 0.3 is 6.03 Å². The SMILES string of the molecule is CC(C)CC(NC(N)=O)C(=O)N[C@@H](C)CO. The van der Waals surface area contributed by atoms with Gasteiger partial charge in [-0.3, -0.25) is 4.79 Å². The Morgan fingerprint density at radius 1 is 1.25 bits per heavy atom. The second kappa shape index (κ2) is 7.05. The molecule has 0 spiro atoms. The van der Waals surface area contributed by atoms with Gasteiger partial charge in [0.1, 0.15) is 6.04 Å². The Labute approximate surface area is 95.6 Å². The largest absolute Gasteiger partial charge is 0.394 e. The van der Waals surface area contributed by atoms with Crippen molar-refractivity contribution in [1.82, 2.24) is 10.6 Å². The second-order valence-corrected chi connectivity index (χ2v) is 4.28. The van der Waals surface area contributed by atoms with Crippen LogP contribution < -0.4 is 16.4 Å². The van der Waals surface area contributed by atoms with Crippen molar-refractivity contribution in [2.45, 2.75) is 39.3 Å². The zero-order chi connectivity index (χ0) is 12.7. The highest BCUT2D eigenvalue weighted by molar-refractivity contribution is 5.86. The van der Waals surface area contributed by atoms with Crippen molar-refractivity contribution in [2.24, 2.45) is 11.7 Å². The van der Waals surface area contributed by atoms with Gasteiger partial charge in [-0.1, -0.05) is 13.8 Å². The van der Waals surface area contributed by atoms with E-state index in [2.05, 4.69) is 10.6 Å². The van der Waals surface area contributed by atoms with Crippen molar-refractivity contribution in [1.29, 1.82) is 0 Å². The van der Waals surface area contributed by atoms with E-state index >= 15 is 0 Å². The van der Waals surface area contributed by atoms with Gasteiger partial charge in [-0.05, 0) is 19.3 Å². The van der Waals surface area contributed by atoms with E-state index in [9.17, 15) is 9.59 Å². The van der Waals surface area contributed by atoms with Crippen molar-refractivity contribution < 1.29 is 14.7 Å². The number of carbonyl (C=O) groups is 2. The number of primary amides is 1. The lowest BCUT2D eigenvalue weighted by atomic mass is 10.0. The first-order chi connectivity index (χ1) is 7.36. The molecule has 0 heterocycles. The fourth-order valence-electron chi connectivity index (χ4n) is 1.26. The van der Waals surface area contributed by atoms with Crippen LogP contribution in [-0.4, -0.2) is 35.7 Å². The maximum atomic E-state index is 11.7. The van der Waals surface area contributed by atoms with Crippen LogP contribution in [0.4, 0.5) is 4.79 Å². The number of carbonyl (C=O) groups excluding carboxylic acids is 2. The fourth-order valence-corrected chi connectivity index (χ4v) is 1.26. The summed E-state index contributed by atoms with van der Waals surface area (Å²) in [5, 5.41) is 13.8. The second-order valence-electron chi connectivity index (χ2n) is 4.28. The van der Waals surface area contributed by atoms with Gasteiger partial charge in [-0.15, -0.1) is 0 Å². The lowest BCUT2D eigenvalue weighted by Gasteiger charge is -2.21. The normalized spacial score (nSPS) is 14.3. The lowest BCUT2D eigenvalue weighted by molar-refractivity contribution is -0.124. The van der Waals surface area contributed by atoms with Crippen molar-refractivity contribution in [2.75, 3.05) is 6.61 Å². The number of nitrogens with one attached hydrogen (secondary N) is 2. The molecule has 2 atom stereocenters. The number of aliphatic hydroxyl groups excluding tert-OH is 1. The minimum atomic E-state index is -0.725. The predicted molar refractivity (Wildman–Crippen MR) is 60.7 cm³/mol. The molecule has 0 fully saturated rings. The number of rotatable bonds is 6. The number of aliphatic hydroxyl groups is 1. The van der Waals surface area contributed by atoms with Crippen LogP contribution in [0.25, 0.3) is 0 Å².